The highest BCUT2D eigenvalue weighted by Gasteiger charge is 2.39. The maximum Gasteiger partial charge on any atom is 0.271 e. The van der Waals surface area contributed by atoms with Crippen molar-refractivity contribution in [1.82, 2.24) is 9.80 Å². The van der Waals surface area contributed by atoms with Gasteiger partial charge in [-0.3, -0.25) is 9.59 Å². The molecule has 130 valence electrons. The average molecular weight is 345 g/mol. The third-order valence-electron chi connectivity index (χ3n) is 4.63. The third kappa shape index (κ3) is 3.22. The Balaban J connectivity index is 1.93. The number of nitrogens with zero attached hydrogens (tertiary/aromatic N) is 3. The Kier molecular flexibility index (Phi) is 4.85. The van der Waals surface area contributed by atoms with E-state index in [2.05, 4.69) is 6.07 Å². The Bertz CT molecular complexity index is 912. The van der Waals surface area contributed by atoms with Gasteiger partial charge in [-0.2, -0.15) is 5.26 Å². The summed E-state index contributed by atoms with van der Waals surface area (Å²) < 4.78 is 0. The number of nitriles is 1. The molecule has 1 aliphatic heterocycles. The highest BCUT2D eigenvalue weighted by Crippen LogP contribution is 2.24. The van der Waals surface area contributed by atoms with Gasteiger partial charge in [-0.05, 0) is 23.3 Å². The fourth-order valence-electron chi connectivity index (χ4n) is 3.07. The molecule has 0 bridgehead atoms. The van der Waals surface area contributed by atoms with Gasteiger partial charge in [-0.1, -0.05) is 48.5 Å². The number of likely N-dealkylation sites (N-methyl/N-ethyl adjacent to an activating group) is 2. The number of hydrogen-bond acceptors (Lipinski definition) is 3. The van der Waals surface area contributed by atoms with Gasteiger partial charge < -0.3 is 9.80 Å². The minimum Gasteiger partial charge on any atom is -0.328 e. The van der Waals surface area contributed by atoms with Gasteiger partial charge >= 0.3 is 0 Å². The summed E-state index contributed by atoms with van der Waals surface area (Å²) in [7, 11) is 3.25. The molecule has 3 rings (SSSR count). The number of amides is 2. The Labute approximate surface area is 152 Å². The number of hydrogen-bond donors (Lipinski definition) is 0. The molecule has 2 aromatic rings. The summed E-state index contributed by atoms with van der Waals surface area (Å²) in [6, 6.07) is 18.2. The molecule has 1 unspecified atom stereocenters. The number of carbonyl (C=O) groups is 2. The van der Waals surface area contributed by atoms with E-state index < -0.39 is 6.04 Å². The molecule has 0 spiro atoms. The second kappa shape index (κ2) is 7.24. The van der Waals surface area contributed by atoms with Crippen LogP contribution in [0, 0.1) is 11.3 Å². The summed E-state index contributed by atoms with van der Waals surface area (Å²) in [6.07, 6.45) is 2.07. The zero-order valence-corrected chi connectivity index (χ0v) is 14.7. The summed E-state index contributed by atoms with van der Waals surface area (Å²) in [5, 5.41) is 9.23. The van der Waals surface area contributed by atoms with Gasteiger partial charge in [0.1, 0.15) is 11.7 Å². The van der Waals surface area contributed by atoms with E-state index in [4.69, 9.17) is 0 Å². The van der Waals surface area contributed by atoms with E-state index in [-0.39, 0.29) is 17.5 Å². The van der Waals surface area contributed by atoms with Crippen LogP contribution in [-0.4, -0.2) is 41.8 Å². The van der Waals surface area contributed by atoms with Crippen molar-refractivity contribution in [3.8, 4) is 6.07 Å². The first-order chi connectivity index (χ1) is 12.5. The van der Waals surface area contributed by atoms with Crippen LogP contribution in [0.15, 0.2) is 60.3 Å². The molecule has 26 heavy (non-hydrogen) atoms. The van der Waals surface area contributed by atoms with Crippen molar-refractivity contribution in [3.05, 3.63) is 77.0 Å². The number of benzene rings is 2. The SMILES string of the molecule is CN1C(=O)C(Cc2ccccc2)N(C)C(=O)/C1=C/c1ccccc1C#N. The monoisotopic (exact) mass is 345 g/mol. The maximum absolute atomic E-state index is 12.9. The van der Waals surface area contributed by atoms with Crippen LogP contribution in [0.25, 0.3) is 6.08 Å². The Morgan fingerprint density at radius 3 is 2.38 bits per heavy atom. The molecule has 1 saturated heterocycles. The second-order valence-electron chi connectivity index (χ2n) is 6.25. The number of rotatable bonds is 3. The van der Waals surface area contributed by atoms with Gasteiger partial charge in [0.2, 0.25) is 5.91 Å². The van der Waals surface area contributed by atoms with Crippen LogP contribution in [0.5, 0.6) is 0 Å². The van der Waals surface area contributed by atoms with E-state index in [9.17, 15) is 14.9 Å². The quantitative estimate of drug-likeness (QED) is 0.803. The molecular weight excluding hydrogens is 326 g/mol. The van der Waals surface area contributed by atoms with E-state index >= 15 is 0 Å². The van der Waals surface area contributed by atoms with Crippen LogP contribution in [0.4, 0.5) is 0 Å². The molecule has 1 atom stereocenters. The molecule has 1 heterocycles. The van der Waals surface area contributed by atoms with Gasteiger partial charge in [0.25, 0.3) is 5.91 Å². The standard InChI is InChI=1S/C21H19N3O2/c1-23-18(12-15-8-4-3-5-9-15)20(25)24(2)19(21(23)26)13-16-10-6-7-11-17(16)14-22/h3-11,13,18H,12H2,1-2H3/b19-13-. The zero-order valence-electron chi connectivity index (χ0n) is 14.7. The zero-order chi connectivity index (χ0) is 18.7. The fraction of sp³-hybridized carbons (Fsp3) is 0.190. The largest absolute Gasteiger partial charge is 0.328 e. The van der Waals surface area contributed by atoms with Crippen molar-refractivity contribution in [1.29, 1.82) is 5.26 Å². The molecule has 5 nitrogen and oxygen atoms in total. The van der Waals surface area contributed by atoms with Crippen molar-refractivity contribution in [2.24, 2.45) is 0 Å². The lowest BCUT2D eigenvalue weighted by Crippen LogP contribution is -2.56. The van der Waals surface area contributed by atoms with Gasteiger partial charge in [0, 0.05) is 20.5 Å². The van der Waals surface area contributed by atoms with Gasteiger partial charge in [0.05, 0.1) is 11.6 Å². The number of piperazine rings is 1. The van der Waals surface area contributed by atoms with Crippen LogP contribution in [0.3, 0.4) is 0 Å². The molecule has 0 aromatic heterocycles. The van der Waals surface area contributed by atoms with Crippen LogP contribution >= 0.6 is 0 Å². The molecular formula is C21H19N3O2. The lowest BCUT2D eigenvalue weighted by atomic mass is 9.99. The molecule has 2 amide bonds. The Morgan fingerprint density at radius 1 is 1.04 bits per heavy atom. The summed E-state index contributed by atoms with van der Waals surface area (Å²) in [5.74, 6) is -0.377. The van der Waals surface area contributed by atoms with Crippen LogP contribution in [0.2, 0.25) is 0 Å². The van der Waals surface area contributed by atoms with E-state index in [0.29, 0.717) is 17.5 Å². The first-order valence-electron chi connectivity index (χ1n) is 8.32. The Morgan fingerprint density at radius 2 is 1.69 bits per heavy atom. The minimum absolute atomic E-state index is 0.142. The smallest absolute Gasteiger partial charge is 0.271 e. The van der Waals surface area contributed by atoms with E-state index in [0.717, 1.165) is 5.56 Å². The van der Waals surface area contributed by atoms with Gasteiger partial charge in [-0.25, -0.2) is 0 Å². The van der Waals surface area contributed by atoms with Gasteiger partial charge in [-0.15, -0.1) is 0 Å². The van der Waals surface area contributed by atoms with E-state index in [1.54, 1.807) is 44.4 Å². The van der Waals surface area contributed by atoms with Crippen LogP contribution < -0.4 is 0 Å². The fourth-order valence-corrected chi connectivity index (χ4v) is 3.07. The summed E-state index contributed by atoms with van der Waals surface area (Å²) >= 11 is 0. The number of carbonyl (C=O) groups excluding carboxylic acids is 2. The third-order valence-corrected chi connectivity index (χ3v) is 4.63. The molecule has 0 saturated carbocycles. The lowest BCUT2D eigenvalue weighted by Gasteiger charge is -2.38. The predicted octanol–water partition coefficient (Wildman–Crippen LogP) is 2.44. The van der Waals surface area contributed by atoms with Crippen LogP contribution in [-0.2, 0) is 16.0 Å². The highest BCUT2D eigenvalue weighted by molar-refractivity contribution is 6.07. The lowest BCUT2D eigenvalue weighted by molar-refractivity contribution is -0.148. The van der Waals surface area contributed by atoms with Crippen LogP contribution in [0.1, 0.15) is 16.7 Å². The van der Waals surface area contributed by atoms with Crippen molar-refractivity contribution in [3.63, 3.8) is 0 Å². The topological polar surface area (TPSA) is 64.4 Å². The van der Waals surface area contributed by atoms with E-state index in [1.165, 1.54) is 9.80 Å². The molecule has 1 fully saturated rings. The van der Waals surface area contributed by atoms with E-state index in [1.807, 2.05) is 30.3 Å². The first kappa shape index (κ1) is 17.4. The second-order valence-corrected chi connectivity index (χ2v) is 6.25. The molecule has 5 heteroatoms. The van der Waals surface area contributed by atoms with Gasteiger partial charge in [0.15, 0.2) is 0 Å². The summed E-state index contributed by atoms with van der Waals surface area (Å²) in [4.78, 5) is 28.6. The molecule has 2 aromatic carbocycles. The first-order valence-corrected chi connectivity index (χ1v) is 8.32. The average Bonchev–Trinajstić information content (AvgIpc) is 2.68. The Hall–Kier alpha value is -3.39. The molecule has 0 radical (unpaired) electrons. The van der Waals surface area contributed by atoms with Crippen molar-refractivity contribution in [2.45, 2.75) is 12.5 Å². The van der Waals surface area contributed by atoms with Crippen molar-refractivity contribution in [2.75, 3.05) is 14.1 Å². The minimum atomic E-state index is -0.543. The predicted molar refractivity (Wildman–Crippen MR) is 98.6 cm³/mol. The molecule has 1 aliphatic rings. The highest BCUT2D eigenvalue weighted by atomic mass is 16.2. The maximum atomic E-state index is 12.9. The van der Waals surface area contributed by atoms with Crippen molar-refractivity contribution < 1.29 is 9.59 Å². The summed E-state index contributed by atoms with van der Waals surface area (Å²) in [5.41, 5.74) is 2.35. The summed E-state index contributed by atoms with van der Waals surface area (Å²) in [6.45, 7) is 0. The van der Waals surface area contributed by atoms with Crippen molar-refractivity contribution >= 4 is 17.9 Å². The molecule has 0 aliphatic carbocycles. The molecule has 0 N–H and O–H groups in total. The normalized spacial score (nSPS) is 19.0.